The van der Waals surface area contributed by atoms with Crippen molar-refractivity contribution in [2.24, 2.45) is 5.92 Å². The molecule has 1 N–H and O–H groups in total. The summed E-state index contributed by atoms with van der Waals surface area (Å²) in [5, 5.41) is 5.90. The van der Waals surface area contributed by atoms with Crippen LogP contribution in [-0.2, 0) is 0 Å². The minimum Gasteiger partial charge on any atom is -0.489 e. The highest BCUT2D eigenvalue weighted by Gasteiger charge is 2.25. The second-order valence-electron chi connectivity index (χ2n) is 5.29. The van der Waals surface area contributed by atoms with Crippen LogP contribution in [0.3, 0.4) is 0 Å². The van der Waals surface area contributed by atoms with Crippen molar-refractivity contribution in [3.63, 3.8) is 0 Å². The normalized spacial score (nSPS) is 20.6. The van der Waals surface area contributed by atoms with E-state index in [0.717, 1.165) is 25.3 Å². The first-order chi connectivity index (χ1) is 9.38. The Morgan fingerprint density at radius 1 is 1.21 bits per heavy atom. The van der Waals surface area contributed by atoms with E-state index >= 15 is 0 Å². The van der Waals surface area contributed by atoms with Gasteiger partial charge in [-0.3, -0.25) is 0 Å². The average molecular weight is 255 g/mol. The van der Waals surface area contributed by atoms with Crippen LogP contribution >= 0.6 is 0 Å². The van der Waals surface area contributed by atoms with E-state index in [2.05, 4.69) is 54.7 Å². The van der Waals surface area contributed by atoms with E-state index in [4.69, 9.17) is 4.74 Å². The molecule has 2 nitrogen and oxygen atoms in total. The molecule has 3 rings (SSSR count). The second-order valence-corrected chi connectivity index (χ2v) is 5.29. The van der Waals surface area contributed by atoms with Crippen molar-refractivity contribution in [1.82, 2.24) is 5.32 Å². The topological polar surface area (TPSA) is 21.3 Å². The van der Waals surface area contributed by atoms with Crippen molar-refractivity contribution in [3.05, 3.63) is 42.5 Å². The van der Waals surface area contributed by atoms with Crippen molar-refractivity contribution in [1.29, 1.82) is 0 Å². The van der Waals surface area contributed by atoms with Gasteiger partial charge < -0.3 is 10.1 Å². The lowest BCUT2D eigenvalue weighted by Gasteiger charge is -2.23. The van der Waals surface area contributed by atoms with Gasteiger partial charge >= 0.3 is 0 Å². The molecule has 0 radical (unpaired) electrons. The van der Waals surface area contributed by atoms with E-state index in [0.29, 0.717) is 12.0 Å². The van der Waals surface area contributed by atoms with Crippen molar-refractivity contribution < 1.29 is 4.74 Å². The second kappa shape index (κ2) is 5.62. The summed E-state index contributed by atoms with van der Waals surface area (Å²) in [7, 11) is 0. The lowest BCUT2D eigenvalue weighted by Crippen LogP contribution is -2.28. The van der Waals surface area contributed by atoms with E-state index in [1.165, 1.54) is 17.2 Å². The lowest BCUT2D eigenvalue weighted by atomic mass is 9.99. The van der Waals surface area contributed by atoms with Gasteiger partial charge in [-0.25, -0.2) is 0 Å². The molecule has 19 heavy (non-hydrogen) atoms. The largest absolute Gasteiger partial charge is 0.489 e. The number of fused-ring (bicyclic) bond motifs is 1. The van der Waals surface area contributed by atoms with E-state index in [1.54, 1.807) is 0 Å². The first kappa shape index (κ1) is 12.5. The predicted molar refractivity (Wildman–Crippen MR) is 79.6 cm³/mol. The number of hydrogen-bond donors (Lipinski definition) is 1. The average Bonchev–Trinajstić information content (AvgIpc) is 2.99. The highest BCUT2D eigenvalue weighted by Crippen LogP contribution is 2.29. The number of nitrogens with one attached hydrogen (secondary N) is 1. The quantitative estimate of drug-likeness (QED) is 0.901. The highest BCUT2D eigenvalue weighted by atomic mass is 16.5. The summed E-state index contributed by atoms with van der Waals surface area (Å²) in [5.74, 6) is 1.67. The van der Waals surface area contributed by atoms with Crippen LogP contribution in [0.4, 0.5) is 0 Å². The van der Waals surface area contributed by atoms with Crippen molar-refractivity contribution >= 4 is 10.8 Å². The van der Waals surface area contributed by atoms with Gasteiger partial charge in [-0.2, -0.15) is 0 Å². The van der Waals surface area contributed by atoms with Crippen LogP contribution in [0, 0.1) is 5.92 Å². The van der Waals surface area contributed by atoms with Gasteiger partial charge in [0, 0.05) is 17.8 Å². The highest BCUT2D eigenvalue weighted by molar-refractivity contribution is 5.88. The molecule has 0 bridgehead atoms. The third-order valence-electron chi connectivity index (χ3n) is 4.05. The molecule has 1 saturated heterocycles. The van der Waals surface area contributed by atoms with Gasteiger partial charge in [-0.05, 0) is 30.8 Å². The van der Waals surface area contributed by atoms with Crippen molar-refractivity contribution in [2.45, 2.75) is 25.9 Å². The van der Waals surface area contributed by atoms with Crippen LogP contribution < -0.4 is 10.1 Å². The van der Waals surface area contributed by atoms with Gasteiger partial charge in [0.2, 0.25) is 0 Å². The molecule has 1 fully saturated rings. The van der Waals surface area contributed by atoms with E-state index < -0.39 is 0 Å². The molecule has 2 aromatic rings. The molecule has 0 aliphatic carbocycles. The van der Waals surface area contributed by atoms with Crippen LogP contribution in [0.5, 0.6) is 5.75 Å². The Hall–Kier alpha value is -1.54. The number of hydrogen-bond acceptors (Lipinski definition) is 2. The Morgan fingerprint density at radius 3 is 2.84 bits per heavy atom. The zero-order valence-electron chi connectivity index (χ0n) is 11.4. The van der Waals surface area contributed by atoms with Gasteiger partial charge in [0.25, 0.3) is 0 Å². The predicted octanol–water partition coefficient (Wildman–Crippen LogP) is 3.61. The fourth-order valence-corrected chi connectivity index (χ4v) is 2.97. The number of benzene rings is 2. The first-order valence-electron chi connectivity index (χ1n) is 7.23. The molecule has 2 heteroatoms. The van der Waals surface area contributed by atoms with Crippen molar-refractivity contribution in [2.75, 3.05) is 13.1 Å². The molecule has 0 saturated carbocycles. The molecule has 2 aromatic carbocycles. The van der Waals surface area contributed by atoms with E-state index in [9.17, 15) is 0 Å². The van der Waals surface area contributed by atoms with Gasteiger partial charge in [-0.1, -0.05) is 43.3 Å². The van der Waals surface area contributed by atoms with E-state index in [1.807, 2.05) is 0 Å². The molecule has 1 heterocycles. The summed E-state index contributed by atoms with van der Waals surface area (Å²) in [6, 6.07) is 14.7. The number of rotatable bonds is 4. The minimum atomic E-state index is 0.320. The molecule has 0 spiro atoms. The Balaban J connectivity index is 1.87. The minimum absolute atomic E-state index is 0.320. The third kappa shape index (κ3) is 2.59. The zero-order valence-corrected chi connectivity index (χ0v) is 11.4. The summed E-state index contributed by atoms with van der Waals surface area (Å²) < 4.78 is 6.32. The van der Waals surface area contributed by atoms with Gasteiger partial charge in [-0.15, -0.1) is 0 Å². The molecule has 1 aliphatic rings. The Morgan fingerprint density at radius 2 is 2.05 bits per heavy atom. The van der Waals surface area contributed by atoms with Crippen LogP contribution in [0.15, 0.2) is 42.5 Å². The van der Waals surface area contributed by atoms with Crippen LogP contribution in [0.2, 0.25) is 0 Å². The maximum atomic E-state index is 6.32. The maximum Gasteiger partial charge on any atom is 0.127 e. The van der Waals surface area contributed by atoms with Crippen LogP contribution in [0.25, 0.3) is 10.8 Å². The zero-order chi connectivity index (χ0) is 13.1. The summed E-state index contributed by atoms with van der Waals surface area (Å²) >= 11 is 0. The molecule has 1 unspecified atom stereocenters. The molecule has 2 atom stereocenters. The van der Waals surface area contributed by atoms with Crippen LogP contribution in [-0.4, -0.2) is 19.2 Å². The molecular formula is C17H21NO. The summed E-state index contributed by atoms with van der Waals surface area (Å²) in [6.07, 6.45) is 2.61. The fraction of sp³-hybridized carbons (Fsp3) is 0.412. The van der Waals surface area contributed by atoms with Gasteiger partial charge in [0.15, 0.2) is 0 Å². The Labute approximate surface area is 114 Å². The smallest absolute Gasteiger partial charge is 0.127 e. The molecule has 100 valence electrons. The lowest BCUT2D eigenvalue weighted by molar-refractivity contribution is 0.140. The number of ether oxygens (including phenoxy) is 1. The van der Waals surface area contributed by atoms with Gasteiger partial charge in [0.05, 0.1) is 0 Å². The molecular weight excluding hydrogens is 234 g/mol. The molecule has 0 aromatic heterocycles. The van der Waals surface area contributed by atoms with Crippen LogP contribution in [0.1, 0.15) is 19.8 Å². The maximum absolute atomic E-state index is 6.32. The van der Waals surface area contributed by atoms with Crippen molar-refractivity contribution in [3.8, 4) is 5.75 Å². The standard InChI is InChI=1S/C17H21NO/c1-2-16(14-10-11-18-12-14)19-17-9-5-7-13-6-3-4-8-15(13)17/h3-9,14,16,18H,2,10-12H2,1H3/t14?,16-/m1/s1. The van der Waals surface area contributed by atoms with Gasteiger partial charge in [0.1, 0.15) is 11.9 Å². The first-order valence-corrected chi connectivity index (χ1v) is 7.23. The Bertz CT molecular complexity index is 540. The summed E-state index contributed by atoms with van der Waals surface area (Å²) in [5.41, 5.74) is 0. The molecule has 1 aliphatic heterocycles. The third-order valence-corrected chi connectivity index (χ3v) is 4.05. The summed E-state index contributed by atoms with van der Waals surface area (Å²) in [6.45, 7) is 4.43. The van der Waals surface area contributed by atoms with E-state index in [-0.39, 0.29) is 0 Å². The SMILES string of the molecule is CC[C@@H](Oc1cccc2ccccc12)C1CCNC1. The Kier molecular flexibility index (Phi) is 3.69. The summed E-state index contributed by atoms with van der Waals surface area (Å²) in [4.78, 5) is 0. The fourth-order valence-electron chi connectivity index (χ4n) is 2.97. The monoisotopic (exact) mass is 255 g/mol. The molecule has 0 amide bonds.